The Balaban J connectivity index is 2.18. The van der Waals surface area contributed by atoms with Gasteiger partial charge in [0.2, 0.25) is 0 Å². The van der Waals surface area contributed by atoms with Gasteiger partial charge < -0.3 is 4.74 Å². The van der Waals surface area contributed by atoms with Crippen molar-refractivity contribution in [2.45, 2.75) is 13.3 Å². The second-order valence-electron chi connectivity index (χ2n) is 3.51. The van der Waals surface area contributed by atoms with Crippen LogP contribution >= 0.6 is 0 Å². The molecule has 1 heterocycles. The first-order valence-electron chi connectivity index (χ1n) is 5.48. The van der Waals surface area contributed by atoms with E-state index in [1.165, 1.54) is 0 Å². The van der Waals surface area contributed by atoms with Crippen molar-refractivity contribution in [3.63, 3.8) is 0 Å². The molecule has 0 amide bonds. The molecule has 1 aromatic carbocycles. The molecule has 0 radical (unpaired) electrons. The minimum Gasteiger partial charge on any atom is -0.494 e. The van der Waals surface area contributed by atoms with Crippen LogP contribution in [0.4, 0.5) is 0 Å². The van der Waals surface area contributed by atoms with Gasteiger partial charge >= 0.3 is 0 Å². The van der Waals surface area contributed by atoms with Gasteiger partial charge in [0.1, 0.15) is 5.75 Å². The Labute approximate surface area is 100 Å². The van der Waals surface area contributed by atoms with Crippen LogP contribution in [0.1, 0.15) is 12.6 Å². The van der Waals surface area contributed by atoms with Crippen molar-refractivity contribution >= 4 is 0 Å². The highest BCUT2D eigenvalue weighted by molar-refractivity contribution is 5.37. The van der Waals surface area contributed by atoms with E-state index in [1.54, 1.807) is 4.68 Å². The lowest BCUT2D eigenvalue weighted by atomic mass is 10.3. The summed E-state index contributed by atoms with van der Waals surface area (Å²) in [6.07, 6.45) is 2.19. The molecule has 0 aliphatic rings. The van der Waals surface area contributed by atoms with Crippen LogP contribution in [-0.4, -0.2) is 16.4 Å². The number of ether oxygens (including phenoxy) is 1. The Morgan fingerprint density at radius 1 is 1.29 bits per heavy atom. The van der Waals surface area contributed by atoms with Crippen molar-refractivity contribution in [3.05, 3.63) is 42.2 Å². The van der Waals surface area contributed by atoms with E-state index in [0.717, 1.165) is 17.1 Å². The van der Waals surface area contributed by atoms with E-state index in [-0.39, 0.29) is 0 Å². The summed E-state index contributed by atoms with van der Waals surface area (Å²) in [6, 6.07) is 11.6. The normalized spacial score (nSPS) is 9.88. The first kappa shape index (κ1) is 11.2. The molecule has 0 atom stereocenters. The summed E-state index contributed by atoms with van der Waals surface area (Å²) in [5.74, 6) is 0.848. The van der Waals surface area contributed by atoms with Crippen LogP contribution in [0.5, 0.6) is 5.75 Å². The maximum absolute atomic E-state index is 8.58. The average Bonchev–Trinajstić information content (AvgIpc) is 2.80. The first-order chi connectivity index (χ1) is 8.33. The molecule has 0 aliphatic heterocycles. The summed E-state index contributed by atoms with van der Waals surface area (Å²) in [5, 5.41) is 12.9. The summed E-state index contributed by atoms with van der Waals surface area (Å²) in [5.41, 5.74) is 1.74. The van der Waals surface area contributed by atoms with Gasteiger partial charge in [-0.3, -0.25) is 0 Å². The van der Waals surface area contributed by atoms with Crippen LogP contribution in [0.2, 0.25) is 0 Å². The number of nitrogens with zero attached hydrogens (tertiary/aromatic N) is 3. The van der Waals surface area contributed by atoms with Gasteiger partial charge in [0, 0.05) is 6.20 Å². The lowest BCUT2D eigenvalue weighted by Crippen LogP contribution is -1.97. The van der Waals surface area contributed by atoms with Crippen LogP contribution in [-0.2, 0) is 6.42 Å². The second-order valence-corrected chi connectivity index (χ2v) is 3.51. The van der Waals surface area contributed by atoms with E-state index in [4.69, 9.17) is 10.00 Å². The molecule has 2 aromatic rings. The molecule has 4 nitrogen and oxygen atoms in total. The number of hydrogen-bond acceptors (Lipinski definition) is 3. The summed E-state index contributed by atoms with van der Waals surface area (Å²) in [6.45, 7) is 2.61. The molecule has 0 saturated carbocycles. The predicted molar refractivity (Wildman–Crippen MR) is 64.1 cm³/mol. The van der Waals surface area contributed by atoms with Gasteiger partial charge in [0.15, 0.2) is 0 Å². The number of hydrogen-bond donors (Lipinski definition) is 0. The summed E-state index contributed by atoms with van der Waals surface area (Å²) in [7, 11) is 0. The van der Waals surface area contributed by atoms with Crippen molar-refractivity contribution in [1.82, 2.24) is 9.78 Å². The fourth-order valence-corrected chi connectivity index (χ4v) is 1.54. The highest BCUT2D eigenvalue weighted by Gasteiger charge is 2.01. The highest BCUT2D eigenvalue weighted by atomic mass is 16.5. The van der Waals surface area contributed by atoms with Gasteiger partial charge in [-0.25, -0.2) is 4.68 Å². The fourth-order valence-electron chi connectivity index (χ4n) is 1.54. The van der Waals surface area contributed by atoms with Crippen molar-refractivity contribution in [1.29, 1.82) is 5.26 Å². The van der Waals surface area contributed by atoms with Gasteiger partial charge in [-0.15, -0.1) is 0 Å². The molecule has 0 saturated heterocycles. The fraction of sp³-hybridized carbons (Fsp3) is 0.231. The zero-order chi connectivity index (χ0) is 12.1. The first-order valence-corrected chi connectivity index (χ1v) is 5.48. The minimum absolute atomic E-state index is 0.337. The molecule has 17 heavy (non-hydrogen) atoms. The molecule has 2 rings (SSSR count). The van der Waals surface area contributed by atoms with E-state index >= 15 is 0 Å². The number of aromatic nitrogens is 2. The summed E-state index contributed by atoms with van der Waals surface area (Å²) < 4.78 is 7.12. The molecular formula is C13H13N3O. The molecule has 0 spiro atoms. The van der Waals surface area contributed by atoms with Gasteiger partial charge in [-0.05, 0) is 37.3 Å². The van der Waals surface area contributed by atoms with Crippen LogP contribution in [0.3, 0.4) is 0 Å². The summed E-state index contributed by atoms with van der Waals surface area (Å²) in [4.78, 5) is 0. The van der Waals surface area contributed by atoms with Crippen LogP contribution in [0.15, 0.2) is 36.5 Å². The van der Waals surface area contributed by atoms with E-state index in [2.05, 4.69) is 11.2 Å². The zero-order valence-electron chi connectivity index (χ0n) is 9.63. The Morgan fingerprint density at radius 2 is 2.06 bits per heavy atom. The third-order valence-corrected chi connectivity index (χ3v) is 2.32. The zero-order valence-corrected chi connectivity index (χ0v) is 9.63. The van der Waals surface area contributed by atoms with Crippen LogP contribution < -0.4 is 4.74 Å². The lowest BCUT2D eigenvalue weighted by molar-refractivity contribution is 0.340. The van der Waals surface area contributed by atoms with Crippen LogP contribution in [0.25, 0.3) is 5.69 Å². The molecule has 0 unspecified atom stereocenters. The molecule has 0 fully saturated rings. The van der Waals surface area contributed by atoms with E-state index in [0.29, 0.717) is 13.0 Å². The molecule has 1 aromatic heterocycles. The maximum atomic E-state index is 8.58. The standard InChI is InChI=1S/C13H13N3O/c1-2-17-13-5-3-12(4-6-13)16-10-8-11(15-16)7-9-14/h3-6,8,10H,2,7H2,1H3. The van der Waals surface area contributed by atoms with Gasteiger partial charge in [-0.2, -0.15) is 10.4 Å². The lowest BCUT2D eigenvalue weighted by Gasteiger charge is -2.04. The Hall–Kier alpha value is -2.28. The van der Waals surface area contributed by atoms with Gasteiger partial charge in [0.25, 0.3) is 0 Å². The van der Waals surface area contributed by atoms with E-state index in [1.807, 2.05) is 43.5 Å². The highest BCUT2D eigenvalue weighted by Crippen LogP contribution is 2.15. The van der Waals surface area contributed by atoms with Crippen molar-refractivity contribution in [2.75, 3.05) is 6.61 Å². The predicted octanol–water partition coefficient (Wildman–Crippen LogP) is 2.34. The molecule has 4 heteroatoms. The number of benzene rings is 1. The molecule has 0 N–H and O–H groups in total. The molecule has 0 bridgehead atoms. The third-order valence-electron chi connectivity index (χ3n) is 2.32. The number of rotatable bonds is 4. The van der Waals surface area contributed by atoms with E-state index < -0.39 is 0 Å². The van der Waals surface area contributed by atoms with Gasteiger partial charge in [0.05, 0.1) is 30.5 Å². The quantitative estimate of drug-likeness (QED) is 0.805. The average molecular weight is 227 g/mol. The van der Waals surface area contributed by atoms with Crippen molar-refractivity contribution < 1.29 is 4.74 Å². The Bertz CT molecular complexity index is 522. The Kier molecular flexibility index (Phi) is 3.41. The minimum atomic E-state index is 0.337. The number of nitriles is 1. The van der Waals surface area contributed by atoms with Crippen LogP contribution in [0, 0.1) is 11.3 Å². The van der Waals surface area contributed by atoms with Gasteiger partial charge in [-0.1, -0.05) is 0 Å². The third kappa shape index (κ3) is 2.64. The Morgan fingerprint density at radius 3 is 2.71 bits per heavy atom. The maximum Gasteiger partial charge on any atom is 0.119 e. The smallest absolute Gasteiger partial charge is 0.119 e. The van der Waals surface area contributed by atoms with Crippen molar-refractivity contribution in [3.8, 4) is 17.5 Å². The van der Waals surface area contributed by atoms with E-state index in [9.17, 15) is 0 Å². The molecule has 0 aliphatic carbocycles. The topological polar surface area (TPSA) is 50.8 Å². The monoisotopic (exact) mass is 227 g/mol. The largest absolute Gasteiger partial charge is 0.494 e. The second kappa shape index (κ2) is 5.17. The molecule has 86 valence electrons. The molecular weight excluding hydrogens is 214 g/mol. The SMILES string of the molecule is CCOc1ccc(-n2ccc(CC#N)n2)cc1. The van der Waals surface area contributed by atoms with Crippen molar-refractivity contribution in [2.24, 2.45) is 0 Å². The summed E-state index contributed by atoms with van der Waals surface area (Å²) >= 11 is 0.